The molecule has 126 valence electrons. The Bertz CT molecular complexity index is 640. The Morgan fingerprint density at radius 1 is 1.30 bits per heavy atom. The molecule has 1 unspecified atom stereocenters. The van der Waals surface area contributed by atoms with E-state index < -0.39 is 0 Å². The van der Waals surface area contributed by atoms with E-state index in [9.17, 15) is 5.11 Å². The minimum atomic E-state index is -0.176. The molecule has 0 fully saturated rings. The van der Waals surface area contributed by atoms with Gasteiger partial charge in [-0.1, -0.05) is 12.1 Å². The maximum atomic E-state index is 9.69. The molecule has 23 heavy (non-hydrogen) atoms. The second-order valence-corrected chi connectivity index (χ2v) is 5.49. The Balaban J connectivity index is 2.11. The fourth-order valence-corrected chi connectivity index (χ4v) is 2.67. The molecule has 1 heterocycles. The van der Waals surface area contributed by atoms with Crippen molar-refractivity contribution in [3.63, 3.8) is 0 Å². The third-order valence-corrected chi connectivity index (χ3v) is 4.05. The second kappa shape index (κ2) is 8.10. The van der Waals surface area contributed by atoms with Gasteiger partial charge in [-0.3, -0.25) is 4.68 Å². The van der Waals surface area contributed by atoms with Crippen LogP contribution in [0.2, 0.25) is 0 Å². The maximum Gasteiger partial charge on any atom is 0.119 e. The van der Waals surface area contributed by atoms with Gasteiger partial charge in [-0.05, 0) is 31.5 Å². The largest absolute Gasteiger partial charge is 0.497 e. The molecule has 3 N–H and O–H groups in total. The van der Waals surface area contributed by atoms with Crippen molar-refractivity contribution in [3.05, 3.63) is 46.8 Å². The number of aromatic nitrogens is 2. The van der Waals surface area contributed by atoms with E-state index in [-0.39, 0.29) is 19.3 Å². The van der Waals surface area contributed by atoms with Crippen molar-refractivity contribution in [2.45, 2.75) is 33.0 Å². The molecule has 0 amide bonds. The monoisotopic (exact) mass is 319 g/mol. The van der Waals surface area contributed by atoms with Gasteiger partial charge in [0, 0.05) is 17.8 Å². The van der Waals surface area contributed by atoms with E-state index in [1.54, 1.807) is 7.11 Å². The van der Waals surface area contributed by atoms with E-state index in [2.05, 4.69) is 10.4 Å². The second-order valence-electron chi connectivity index (χ2n) is 5.49. The van der Waals surface area contributed by atoms with Gasteiger partial charge in [0.15, 0.2) is 0 Å². The van der Waals surface area contributed by atoms with Crippen LogP contribution in [-0.4, -0.2) is 40.3 Å². The number of aryl methyl sites for hydroxylation is 1. The quantitative estimate of drug-likeness (QED) is 0.684. The first kappa shape index (κ1) is 17.5. The molecule has 0 radical (unpaired) electrons. The van der Waals surface area contributed by atoms with Crippen molar-refractivity contribution in [1.29, 1.82) is 0 Å². The van der Waals surface area contributed by atoms with Crippen LogP contribution in [0.4, 0.5) is 0 Å². The smallest absolute Gasteiger partial charge is 0.119 e. The fraction of sp³-hybridized carbons (Fsp3) is 0.471. The highest BCUT2D eigenvalue weighted by molar-refractivity contribution is 5.31. The summed E-state index contributed by atoms with van der Waals surface area (Å²) in [6.45, 7) is 5.11. The Hall–Kier alpha value is -1.89. The zero-order valence-corrected chi connectivity index (χ0v) is 13.9. The summed E-state index contributed by atoms with van der Waals surface area (Å²) in [5.41, 5.74) is 4.04. The number of hydrogen-bond acceptors (Lipinski definition) is 5. The fourth-order valence-electron chi connectivity index (χ4n) is 2.67. The molecule has 0 spiro atoms. The molecule has 2 aromatic rings. The summed E-state index contributed by atoms with van der Waals surface area (Å²) in [6.07, 6.45) is 0. The van der Waals surface area contributed by atoms with E-state index >= 15 is 0 Å². The lowest BCUT2D eigenvalue weighted by atomic mass is 10.1. The lowest BCUT2D eigenvalue weighted by Crippen LogP contribution is -2.24. The SMILES string of the molecule is COc1cccc(C(CO)NCc2c(C)nn(CCO)c2C)c1. The molecule has 0 aliphatic rings. The Kier molecular flexibility index (Phi) is 6.15. The van der Waals surface area contributed by atoms with Crippen molar-refractivity contribution in [3.8, 4) is 5.75 Å². The molecule has 1 aromatic heterocycles. The zero-order chi connectivity index (χ0) is 16.8. The Morgan fingerprint density at radius 2 is 2.09 bits per heavy atom. The predicted octanol–water partition coefficient (Wildman–Crippen LogP) is 1.32. The highest BCUT2D eigenvalue weighted by atomic mass is 16.5. The van der Waals surface area contributed by atoms with Gasteiger partial charge in [0.1, 0.15) is 5.75 Å². The van der Waals surface area contributed by atoms with Gasteiger partial charge in [-0.25, -0.2) is 0 Å². The van der Waals surface area contributed by atoms with Crippen LogP contribution in [0.1, 0.15) is 28.6 Å². The maximum absolute atomic E-state index is 9.69. The van der Waals surface area contributed by atoms with Crippen LogP contribution in [0.25, 0.3) is 0 Å². The molecule has 0 saturated carbocycles. The highest BCUT2D eigenvalue weighted by Gasteiger charge is 2.15. The summed E-state index contributed by atoms with van der Waals surface area (Å²) in [4.78, 5) is 0. The minimum Gasteiger partial charge on any atom is -0.497 e. The third kappa shape index (κ3) is 4.10. The number of hydrogen-bond donors (Lipinski definition) is 3. The number of nitrogens with zero attached hydrogens (tertiary/aromatic N) is 2. The van der Waals surface area contributed by atoms with Gasteiger partial charge >= 0.3 is 0 Å². The van der Waals surface area contributed by atoms with Gasteiger partial charge in [-0.15, -0.1) is 0 Å². The predicted molar refractivity (Wildman–Crippen MR) is 88.4 cm³/mol. The van der Waals surface area contributed by atoms with Crippen molar-refractivity contribution in [2.24, 2.45) is 0 Å². The topological polar surface area (TPSA) is 79.5 Å². The number of ether oxygens (including phenoxy) is 1. The summed E-state index contributed by atoms with van der Waals surface area (Å²) in [5, 5.41) is 26.6. The zero-order valence-electron chi connectivity index (χ0n) is 13.9. The van der Waals surface area contributed by atoms with Crippen LogP contribution in [0.5, 0.6) is 5.75 Å². The standard InChI is InChI=1S/C17H25N3O3/c1-12-16(13(2)20(19-12)7-8-21)10-18-17(11-22)14-5-4-6-15(9-14)23-3/h4-6,9,17-18,21-22H,7-8,10-11H2,1-3H3. The van der Waals surface area contributed by atoms with E-state index in [0.29, 0.717) is 13.1 Å². The van der Waals surface area contributed by atoms with Gasteiger partial charge < -0.3 is 20.3 Å². The summed E-state index contributed by atoms with van der Waals surface area (Å²) < 4.78 is 7.05. The molecule has 0 saturated heterocycles. The number of aliphatic hydroxyl groups is 2. The van der Waals surface area contributed by atoms with E-state index in [0.717, 1.165) is 28.3 Å². The van der Waals surface area contributed by atoms with Crippen LogP contribution in [0.3, 0.4) is 0 Å². The van der Waals surface area contributed by atoms with Crippen molar-refractivity contribution in [2.75, 3.05) is 20.3 Å². The van der Waals surface area contributed by atoms with Crippen LogP contribution in [0.15, 0.2) is 24.3 Å². The van der Waals surface area contributed by atoms with Gasteiger partial charge in [0.05, 0.1) is 38.6 Å². The Morgan fingerprint density at radius 3 is 2.74 bits per heavy atom. The number of benzene rings is 1. The van der Waals surface area contributed by atoms with E-state index in [4.69, 9.17) is 9.84 Å². The van der Waals surface area contributed by atoms with Crippen molar-refractivity contribution < 1.29 is 14.9 Å². The first-order chi connectivity index (χ1) is 11.1. The van der Waals surface area contributed by atoms with Crippen LogP contribution >= 0.6 is 0 Å². The summed E-state index contributed by atoms with van der Waals surface area (Å²) >= 11 is 0. The normalized spacial score (nSPS) is 12.4. The molecule has 0 aliphatic carbocycles. The van der Waals surface area contributed by atoms with E-state index in [1.165, 1.54) is 0 Å². The third-order valence-electron chi connectivity index (χ3n) is 4.05. The molecule has 0 aliphatic heterocycles. The molecular formula is C17H25N3O3. The van der Waals surface area contributed by atoms with Crippen LogP contribution in [-0.2, 0) is 13.1 Å². The van der Waals surface area contributed by atoms with Gasteiger partial charge in [-0.2, -0.15) is 5.10 Å². The first-order valence-electron chi connectivity index (χ1n) is 7.72. The molecule has 6 nitrogen and oxygen atoms in total. The first-order valence-corrected chi connectivity index (χ1v) is 7.72. The minimum absolute atomic E-state index is 0.00393. The molecular weight excluding hydrogens is 294 g/mol. The average Bonchev–Trinajstić information content (AvgIpc) is 2.83. The molecule has 1 atom stereocenters. The van der Waals surface area contributed by atoms with Crippen molar-refractivity contribution >= 4 is 0 Å². The molecule has 0 bridgehead atoms. The summed E-state index contributed by atoms with van der Waals surface area (Å²) in [7, 11) is 1.63. The highest BCUT2D eigenvalue weighted by Crippen LogP contribution is 2.20. The molecule has 2 rings (SSSR count). The number of methoxy groups -OCH3 is 1. The summed E-state index contributed by atoms with van der Waals surface area (Å²) in [5.74, 6) is 0.769. The lowest BCUT2D eigenvalue weighted by molar-refractivity contribution is 0.243. The number of rotatable bonds is 8. The van der Waals surface area contributed by atoms with Gasteiger partial charge in [0.25, 0.3) is 0 Å². The summed E-state index contributed by atoms with van der Waals surface area (Å²) in [6, 6.07) is 7.50. The van der Waals surface area contributed by atoms with Crippen LogP contribution in [0, 0.1) is 13.8 Å². The lowest BCUT2D eigenvalue weighted by Gasteiger charge is -2.17. The van der Waals surface area contributed by atoms with Crippen molar-refractivity contribution in [1.82, 2.24) is 15.1 Å². The average molecular weight is 319 g/mol. The van der Waals surface area contributed by atoms with Gasteiger partial charge in [0.2, 0.25) is 0 Å². The molecule has 6 heteroatoms. The van der Waals surface area contributed by atoms with Crippen LogP contribution < -0.4 is 10.1 Å². The molecule has 1 aromatic carbocycles. The van der Waals surface area contributed by atoms with E-state index in [1.807, 2.05) is 42.8 Å². The number of nitrogens with one attached hydrogen (secondary N) is 1. The number of aliphatic hydroxyl groups excluding tert-OH is 2. The Labute approximate surface area is 136 Å².